The molecular weight excluding hydrogens is 413 g/mol. The normalized spacial score (nSPS) is 17.4. The maximum absolute atomic E-state index is 12.9. The molecule has 1 heterocycles. The summed E-state index contributed by atoms with van der Waals surface area (Å²) in [7, 11) is 2.99. The first-order chi connectivity index (χ1) is 14.6. The molecule has 166 valence electrons. The van der Waals surface area contributed by atoms with E-state index in [1.54, 1.807) is 25.1 Å². The standard InChI is InChI=1S/C22H23F3N2O4/c1-13(14-5-4-6-16(9-14)22(23,24)25)26-21(29)15-10-20(28)27(12-15)18-8-7-17(30-2)11-19(18)31-3/h4-9,11,13,15H,10,12H2,1-3H3,(H,26,29). The van der Waals surface area contributed by atoms with Gasteiger partial charge in [0.15, 0.2) is 0 Å². The number of benzene rings is 2. The van der Waals surface area contributed by atoms with E-state index in [0.717, 1.165) is 12.1 Å². The highest BCUT2D eigenvalue weighted by Gasteiger charge is 2.37. The Morgan fingerprint density at radius 1 is 1.16 bits per heavy atom. The van der Waals surface area contributed by atoms with Crippen molar-refractivity contribution in [2.75, 3.05) is 25.7 Å². The first kappa shape index (κ1) is 22.5. The molecule has 2 atom stereocenters. The fourth-order valence-electron chi connectivity index (χ4n) is 3.52. The third kappa shape index (κ3) is 4.92. The van der Waals surface area contributed by atoms with Crippen LogP contribution in [0.25, 0.3) is 0 Å². The van der Waals surface area contributed by atoms with Crippen LogP contribution in [0.15, 0.2) is 42.5 Å². The van der Waals surface area contributed by atoms with Gasteiger partial charge in [-0.2, -0.15) is 13.2 Å². The van der Waals surface area contributed by atoms with Gasteiger partial charge in [0.1, 0.15) is 11.5 Å². The summed E-state index contributed by atoms with van der Waals surface area (Å²) in [6.07, 6.45) is -4.47. The van der Waals surface area contributed by atoms with Crippen LogP contribution in [0.2, 0.25) is 0 Å². The van der Waals surface area contributed by atoms with E-state index in [-0.39, 0.29) is 18.9 Å². The van der Waals surface area contributed by atoms with Crippen LogP contribution in [0.3, 0.4) is 0 Å². The number of halogens is 3. The average Bonchev–Trinajstić information content (AvgIpc) is 3.14. The number of methoxy groups -OCH3 is 2. The quantitative estimate of drug-likeness (QED) is 0.745. The van der Waals surface area contributed by atoms with Crippen molar-refractivity contribution < 1.29 is 32.2 Å². The lowest BCUT2D eigenvalue weighted by Crippen LogP contribution is -2.34. The molecule has 0 aliphatic carbocycles. The van der Waals surface area contributed by atoms with Crippen LogP contribution < -0.4 is 19.7 Å². The van der Waals surface area contributed by atoms with Crippen molar-refractivity contribution in [1.82, 2.24) is 5.32 Å². The third-order valence-electron chi connectivity index (χ3n) is 5.25. The van der Waals surface area contributed by atoms with Crippen molar-refractivity contribution in [3.05, 3.63) is 53.6 Å². The number of amides is 2. The average molecular weight is 436 g/mol. The van der Waals surface area contributed by atoms with Crippen LogP contribution in [-0.2, 0) is 15.8 Å². The Kier molecular flexibility index (Phi) is 6.42. The Morgan fingerprint density at radius 2 is 1.90 bits per heavy atom. The van der Waals surface area contributed by atoms with Gasteiger partial charge in [-0.05, 0) is 36.8 Å². The Hall–Kier alpha value is -3.23. The number of nitrogens with zero attached hydrogens (tertiary/aromatic N) is 1. The number of nitrogens with one attached hydrogen (secondary N) is 1. The lowest BCUT2D eigenvalue weighted by Gasteiger charge is -2.21. The number of alkyl halides is 3. The Morgan fingerprint density at radius 3 is 2.55 bits per heavy atom. The second kappa shape index (κ2) is 8.87. The summed E-state index contributed by atoms with van der Waals surface area (Å²) in [6.45, 7) is 1.75. The van der Waals surface area contributed by atoms with Gasteiger partial charge in [-0.25, -0.2) is 0 Å². The summed E-state index contributed by atoms with van der Waals surface area (Å²) in [5, 5.41) is 2.72. The molecule has 1 N–H and O–H groups in total. The highest BCUT2D eigenvalue weighted by molar-refractivity contribution is 6.01. The summed E-state index contributed by atoms with van der Waals surface area (Å²) >= 11 is 0. The predicted molar refractivity (Wildman–Crippen MR) is 108 cm³/mol. The molecule has 0 bridgehead atoms. The molecule has 0 radical (unpaired) electrons. The number of rotatable bonds is 6. The molecule has 9 heteroatoms. The van der Waals surface area contributed by atoms with E-state index >= 15 is 0 Å². The van der Waals surface area contributed by atoms with Crippen molar-refractivity contribution >= 4 is 17.5 Å². The molecule has 2 aromatic rings. The fraction of sp³-hybridized carbons (Fsp3) is 0.364. The molecule has 0 aromatic heterocycles. The van der Waals surface area contributed by atoms with Crippen molar-refractivity contribution in [3.63, 3.8) is 0 Å². The van der Waals surface area contributed by atoms with Crippen LogP contribution in [-0.4, -0.2) is 32.6 Å². The van der Waals surface area contributed by atoms with Gasteiger partial charge in [0.25, 0.3) is 0 Å². The number of anilines is 1. The minimum atomic E-state index is -4.46. The minimum absolute atomic E-state index is 0.00364. The lowest BCUT2D eigenvalue weighted by atomic mass is 10.0. The summed E-state index contributed by atoms with van der Waals surface area (Å²) in [5.41, 5.74) is 0.0793. The minimum Gasteiger partial charge on any atom is -0.497 e. The smallest absolute Gasteiger partial charge is 0.416 e. The Balaban J connectivity index is 1.71. The molecule has 1 saturated heterocycles. The molecule has 2 unspecified atom stereocenters. The molecular formula is C22H23F3N2O4. The Labute approximate surface area is 177 Å². The SMILES string of the molecule is COc1ccc(N2CC(C(=O)NC(C)c3cccc(C(F)(F)F)c3)CC2=O)c(OC)c1. The zero-order chi connectivity index (χ0) is 22.8. The number of hydrogen-bond donors (Lipinski definition) is 1. The molecule has 31 heavy (non-hydrogen) atoms. The second-order valence-electron chi connectivity index (χ2n) is 7.30. The van der Waals surface area contributed by atoms with E-state index in [0.29, 0.717) is 22.7 Å². The highest BCUT2D eigenvalue weighted by Crippen LogP contribution is 2.36. The first-order valence-corrected chi connectivity index (χ1v) is 9.64. The van der Waals surface area contributed by atoms with Gasteiger partial charge in [-0.3, -0.25) is 9.59 Å². The first-order valence-electron chi connectivity index (χ1n) is 9.64. The van der Waals surface area contributed by atoms with Gasteiger partial charge in [-0.15, -0.1) is 0 Å². The molecule has 1 fully saturated rings. The van der Waals surface area contributed by atoms with Crippen LogP contribution in [0, 0.1) is 5.92 Å². The van der Waals surface area contributed by atoms with E-state index < -0.39 is 29.6 Å². The van der Waals surface area contributed by atoms with Gasteiger partial charge < -0.3 is 19.7 Å². The van der Waals surface area contributed by atoms with E-state index in [1.165, 1.54) is 31.3 Å². The lowest BCUT2D eigenvalue weighted by molar-refractivity contribution is -0.137. The van der Waals surface area contributed by atoms with Crippen molar-refractivity contribution in [2.24, 2.45) is 5.92 Å². The monoisotopic (exact) mass is 436 g/mol. The van der Waals surface area contributed by atoms with Gasteiger partial charge >= 0.3 is 6.18 Å². The largest absolute Gasteiger partial charge is 0.497 e. The highest BCUT2D eigenvalue weighted by atomic mass is 19.4. The van der Waals surface area contributed by atoms with Gasteiger partial charge in [0.2, 0.25) is 11.8 Å². The summed E-state index contributed by atoms with van der Waals surface area (Å²) in [4.78, 5) is 26.8. The molecule has 1 aliphatic heterocycles. The number of carbonyl (C=O) groups excluding carboxylic acids is 2. The van der Waals surface area contributed by atoms with E-state index in [2.05, 4.69) is 5.32 Å². The van der Waals surface area contributed by atoms with Gasteiger partial charge in [0.05, 0.1) is 37.4 Å². The van der Waals surface area contributed by atoms with Crippen LogP contribution in [0.4, 0.5) is 18.9 Å². The van der Waals surface area contributed by atoms with Crippen LogP contribution in [0.5, 0.6) is 11.5 Å². The molecule has 6 nitrogen and oxygen atoms in total. The fourth-order valence-corrected chi connectivity index (χ4v) is 3.52. The third-order valence-corrected chi connectivity index (χ3v) is 5.25. The summed E-state index contributed by atoms with van der Waals surface area (Å²) < 4.78 is 49.3. The topological polar surface area (TPSA) is 67.9 Å². The summed E-state index contributed by atoms with van der Waals surface area (Å²) in [6, 6.07) is 9.19. The number of carbonyl (C=O) groups is 2. The predicted octanol–water partition coefficient (Wildman–Crippen LogP) is 3.95. The molecule has 2 aromatic carbocycles. The second-order valence-corrected chi connectivity index (χ2v) is 7.30. The zero-order valence-corrected chi connectivity index (χ0v) is 17.3. The van der Waals surface area contributed by atoms with Crippen molar-refractivity contribution in [1.29, 1.82) is 0 Å². The van der Waals surface area contributed by atoms with Crippen LogP contribution in [0.1, 0.15) is 30.5 Å². The van der Waals surface area contributed by atoms with E-state index in [4.69, 9.17) is 9.47 Å². The molecule has 1 aliphatic rings. The molecule has 2 amide bonds. The molecule has 0 spiro atoms. The zero-order valence-electron chi connectivity index (χ0n) is 17.3. The Bertz CT molecular complexity index is 977. The van der Waals surface area contributed by atoms with Crippen molar-refractivity contribution in [2.45, 2.75) is 25.6 Å². The van der Waals surface area contributed by atoms with Gasteiger partial charge in [-0.1, -0.05) is 12.1 Å². The van der Waals surface area contributed by atoms with E-state index in [1.807, 2.05) is 0 Å². The number of hydrogen-bond acceptors (Lipinski definition) is 4. The molecule has 3 rings (SSSR count). The maximum atomic E-state index is 12.9. The van der Waals surface area contributed by atoms with E-state index in [9.17, 15) is 22.8 Å². The maximum Gasteiger partial charge on any atom is 0.416 e. The summed E-state index contributed by atoms with van der Waals surface area (Å²) in [5.74, 6) is -0.265. The number of ether oxygens (including phenoxy) is 2. The van der Waals surface area contributed by atoms with Gasteiger partial charge in [0, 0.05) is 19.0 Å². The van der Waals surface area contributed by atoms with Crippen LogP contribution >= 0.6 is 0 Å². The molecule has 0 saturated carbocycles. The van der Waals surface area contributed by atoms with Crippen molar-refractivity contribution in [3.8, 4) is 11.5 Å².